The number of amides is 2. The zero-order chi connectivity index (χ0) is 29.6. The fourth-order valence-corrected chi connectivity index (χ4v) is 5.11. The molecule has 3 aromatic heterocycles. The first kappa shape index (κ1) is 27.5. The van der Waals surface area contributed by atoms with Gasteiger partial charge in [-0.3, -0.25) is 14.6 Å². The largest absolute Gasteiger partial charge is 0.417 e. The van der Waals surface area contributed by atoms with E-state index in [0.717, 1.165) is 11.8 Å². The van der Waals surface area contributed by atoms with Crippen molar-refractivity contribution in [3.05, 3.63) is 101 Å². The summed E-state index contributed by atoms with van der Waals surface area (Å²) in [5, 5.41) is 9.10. The van der Waals surface area contributed by atoms with Crippen LogP contribution in [0.5, 0.6) is 0 Å². The van der Waals surface area contributed by atoms with Crippen LogP contribution >= 0.6 is 11.6 Å². The van der Waals surface area contributed by atoms with Crippen LogP contribution in [0.2, 0.25) is 5.02 Å². The molecule has 1 aliphatic rings. The molecule has 1 N–H and O–H groups in total. The van der Waals surface area contributed by atoms with E-state index in [2.05, 4.69) is 20.4 Å². The molecule has 13 heteroatoms. The normalized spacial score (nSPS) is 14.1. The Hall–Kier alpha value is -4.71. The number of alkyl halides is 3. The second kappa shape index (κ2) is 10.3. The van der Waals surface area contributed by atoms with E-state index in [1.165, 1.54) is 5.01 Å². The maximum Gasteiger partial charge on any atom is 0.417 e. The number of carbonyl (C=O) groups excluding carboxylic acids is 2. The Balaban J connectivity index is 1.44. The highest BCUT2D eigenvalue weighted by Crippen LogP contribution is 2.41. The molecule has 6 rings (SSSR count). The number of pyridine rings is 1. The fraction of sp³-hybridized carbons (Fsp3) is 0.207. The maximum atomic E-state index is 14.5. The van der Waals surface area contributed by atoms with Gasteiger partial charge in [0.2, 0.25) is 11.7 Å². The number of halogens is 4. The number of para-hydroxylation sites is 1. The second-order valence-corrected chi connectivity index (χ2v) is 10.4. The SMILES string of the molecule is Cc1nc(-c2c(Cl)c3ccccc3n2N(Cc2ccccc2)C(=O)C2(NC(=O)c3cncc(C(F)(F)F)c3)CC2)no1. The van der Waals surface area contributed by atoms with Gasteiger partial charge >= 0.3 is 6.18 Å². The minimum absolute atomic E-state index is 0.0707. The Bertz CT molecular complexity index is 1810. The molecule has 0 radical (unpaired) electrons. The zero-order valence-electron chi connectivity index (χ0n) is 22.0. The van der Waals surface area contributed by atoms with E-state index in [0.29, 0.717) is 39.8 Å². The molecule has 42 heavy (non-hydrogen) atoms. The number of rotatable bonds is 7. The van der Waals surface area contributed by atoms with Gasteiger partial charge in [-0.15, -0.1) is 0 Å². The third-order valence-electron chi connectivity index (χ3n) is 7.02. The summed E-state index contributed by atoms with van der Waals surface area (Å²) >= 11 is 6.85. The van der Waals surface area contributed by atoms with Crippen molar-refractivity contribution in [3.63, 3.8) is 0 Å². The molecule has 3 heterocycles. The van der Waals surface area contributed by atoms with Gasteiger partial charge in [-0.1, -0.05) is 65.3 Å². The Morgan fingerprint density at radius 3 is 2.48 bits per heavy atom. The van der Waals surface area contributed by atoms with Crippen LogP contribution in [0.25, 0.3) is 22.4 Å². The molecule has 1 fully saturated rings. The quantitative estimate of drug-likeness (QED) is 0.259. The summed E-state index contributed by atoms with van der Waals surface area (Å²) in [6.07, 6.45) is -2.46. The number of nitrogens with one attached hydrogen (secondary N) is 1. The lowest BCUT2D eigenvalue weighted by Crippen LogP contribution is -2.54. The second-order valence-electron chi connectivity index (χ2n) is 9.97. The van der Waals surface area contributed by atoms with Crippen LogP contribution in [-0.2, 0) is 17.5 Å². The zero-order valence-corrected chi connectivity index (χ0v) is 22.8. The fourth-order valence-electron chi connectivity index (χ4n) is 4.79. The molecule has 0 spiro atoms. The number of hydrogen-bond acceptors (Lipinski definition) is 6. The molecular weight excluding hydrogens is 573 g/mol. The molecule has 0 aliphatic heterocycles. The summed E-state index contributed by atoms with van der Waals surface area (Å²) in [6.45, 7) is 1.70. The predicted molar refractivity (Wildman–Crippen MR) is 147 cm³/mol. The van der Waals surface area contributed by atoms with Crippen molar-refractivity contribution in [1.29, 1.82) is 0 Å². The molecular formula is C29H22ClF3N6O3. The first-order chi connectivity index (χ1) is 20.1. The Morgan fingerprint density at radius 1 is 1.10 bits per heavy atom. The van der Waals surface area contributed by atoms with Crippen LogP contribution in [0.15, 0.2) is 77.6 Å². The van der Waals surface area contributed by atoms with Crippen molar-refractivity contribution in [3.8, 4) is 11.5 Å². The number of nitrogens with zero attached hydrogens (tertiary/aromatic N) is 5. The number of benzene rings is 2. The third-order valence-corrected chi connectivity index (χ3v) is 7.40. The minimum Gasteiger partial charge on any atom is -0.339 e. The molecule has 214 valence electrons. The molecule has 2 amide bonds. The van der Waals surface area contributed by atoms with Crippen molar-refractivity contribution >= 4 is 34.3 Å². The van der Waals surface area contributed by atoms with Gasteiger partial charge in [0.15, 0.2) is 0 Å². The molecule has 0 unspecified atom stereocenters. The van der Waals surface area contributed by atoms with Crippen molar-refractivity contribution in [2.45, 2.75) is 38.0 Å². The number of hydrogen-bond donors (Lipinski definition) is 1. The molecule has 2 aromatic carbocycles. The Labute approximate surface area is 241 Å². The highest BCUT2D eigenvalue weighted by atomic mass is 35.5. The van der Waals surface area contributed by atoms with Gasteiger partial charge in [0.1, 0.15) is 11.2 Å². The van der Waals surface area contributed by atoms with E-state index in [1.807, 2.05) is 30.3 Å². The lowest BCUT2D eigenvalue weighted by atomic mass is 10.1. The first-order valence-electron chi connectivity index (χ1n) is 12.9. The molecule has 9 nitrogen and oxygen atoms in total. The van der Waals surface area contributed by atoms with Gasteiger partial charge < -0.3 is 9.84 Å². The van der Waals surface area contributed by atoms with Crippen LogP contribution in [0, 0.1) is 6.92 Å². The van der Waals surface area contributed by atoms with Crippen LogP contribution in [0.4, 0.5) is 13.2 Å². The van der Waals surface area contributed by atoms with Gasteiger partial charge in [0.25, 0.3) is 11.8 Å². The molecule has 5 aromatic rings. The summed E-state index contributed by atoms with van der Waals surface area (Å²) in [4.78, 5) is 35.5. The van der Waals surface area contributed by atoms with E-state index >= 15 is 0 Å². The first-order valence-corrected chi connectivity index (χ1v) is 13.3. The summed E-state index contributed by atoms with van der Waals surface area (Å²) in [5.74, 6) is -0.884. The van der Waals surface area contributed by atoms with Crippen LogP contribution in [0.3, 0.4) is 0 Å². The lowest BCUT2D eigenvalue weighted by Gasteiger charge is -2.30. The van der Waals surface area contributed by atoms with Gasteiger partial charge in [0.05, 0.1) is 28.2 Å². The Kier molecular flexibility index (Phi) is 6.72. The highest BCUT2D eigenvalue weighted by Gasteiger charge is 2.54. The van der Waals surface area contributed by atoms with Gasteiger partial charge in [-0.25, -0.2) is 9.69 Å². The van der Waals surface area contributed by atoms with Crippen LogP contribution in [0.1, 0.15) is 40.2 Å². The average Bonchev–Trinajstić information content (AvgIpc) is 3.54. The van der Waals surface area contributed by atoms with E-state index in [9.17, 15) is 22.8 Å². The van der Waals surface area contributed by atoms with Crippen LogP contribution < -0.4 is 10.3 Å². The number of aromatic nitrogens is 4. The number of carbonyl (C=O) groups is 2. The van der Waals surface area contributed by atoms with E-state index < -0.39 is 29.1 Å². The summed E-state index contributed by atoms with van der Waals surface area (Å²) < 4.78 is 46.6. The molecule has 0 atom stereocenters. The van der Waals surface area contributed by atoms with Crippen molar-refractivity contribution < 1.29 is 27.3 Å². The number of fused-ring (bicyclic) bond motifs is 1. The number of aryl methyl sites for hydroxylation is 1. The monoisotopic (exact) mass is 594 g/mol. The van der Waals surface area contributed by atoms with Gasteiger partial charge in [-0.2, -0.15) is 18.2 Å². The highest BCUT2D eigenvalue weighted by molar-refractivity contribution is 6.38. The van der Waals surface area contributed by atoms with Crippen LogP contribution in [-0.4, -0.2) is 37.2 Å². The van der Waals surface area contributed by atoms with E-state index in [4.69, 9.17) is 16.1 Å². The summed E-state index contributed by atoms with van der Waals surface area (Å²) in [5.41, 5.74) is -1.08. The molecule has 1 aliphatic carbocycles. The Morgan fingerprint density at radius 2 is 1.81 bits per heavy atom. The van der Waals surface area contributed by atoms with Crippen molar-refractivity contribution in [2.24, 2.45) is 0 Å². The minimum atomic E-state index is -4.68. The van der Waals surface area contributed by atoms with Gasteiger partial charge in [-0.05, 0) is 30.5 Å². The summed E-state index contributed by atoms with van der Waals surface area (Å²) in [6, 6.07) is 17.1. The summed E-state index contributed by atoms with van der Waals surface area (Å²) in [7, 11) is 0. The average molecular weight is 595 g/mol. The molecule has 0 saturated heterocycles. The van der Waals surface area contributed by atoms with E-state index in [-0.39, 0.29) is 30.8 Å². The topological polar surface area (TPSA) is 106 Å². The smallest absolute Gasteiger partial charge is 0.339 e. The predicted octanol–water partition coefficient (Wildman–Crippen LogP) is 5.69. The molecule has 1 saturated carbocycles. The standard InChI is InChI=1S/C29H22ClF3N6O3/c1-17-35-25(37-42-17)24-23(30)21-9-5-6-10-22(21)39(24)38(16-18-7-3-2-4-8-18)27(41)28(11-12-28)36-26(40)19-13-20(15-34-14-19)29(31,32)33/h2-10,13-15H,11-12,16H2,1H3,(H,36,40). The lowest BCUT2D eigenvalue weighted by molar-refractivity contribution is -0.137. The van der Waals surface area contributed by atoms with Crippen molar-refractivity contribution in [2.75, 3.05) is 5.01 Å². The van der Waals surface area contributed by atoms with Crippen molar-refractivity contribution in [1.82, 2.24) is 25.1 Å². The van der Waals surface area contributed by atoms with E-state index in [1.54, 1.807) is 35.9 Å². The molecule has 0 bridgehead atoms. The maximum absolute atomic E-state index is 14.5. The van der Waals surface area contributed by atoms with Gasteiger partial charge in [0, 0.05) is 24.7 Å². The third kappa shape index (κ3) is 4.98.